The van der Waals surface area contributed by atoms with Crippen molar-refractivity contribution in [3.05, 3.63) is 55.8 Å². The average Bonchev–Trinajstić information content (AvgIpc) is 2.83. The van der Waals surface area contributed by atoms with Crippen molar-refractivity contribution in [2.75, 3.05) is 0 Å². The van der Waals surface area contributed by atoms with E-state index in [4.69, 9.17) is 5.84 Å². The molecule has 0 aliphatic heterocycles. The lowest BCUT2D eigenvalue weighted by molar-refractivity contribution is 0.518. The molecule has 0 radical (unpaired) electrons. The molecule has 0 aliphatic rings. The van der Waals surface area contributed by atoms with Crippen LogP contribution >= 0.6 is 33.9 Å². The molecule has 0 aliphatic carbocycles. The molecule has 0 spiro atoms. The second-order valence-corrected chi connectivity index (χ2v) is 6.17. The number of benzene rings is 1. The SMILES string of the molecule is NNC(CCc1cccs1)c1cccc(I)c1. The van der Waals surface area contributed by atoms with Gasteiger partial charge in [0.25, 0.3) is 0 Å². The summed E-state index contributed by atoms with van der Waals surface area (Å²) in [4.78, 5) is 1.41. The Balaban J connectivity index is 2.01. The quantitative estimate of drug-likeness (QED) is 0.488. The van der Waals surface area contributed by atoms with Gasteiger partial charge in [0.2, 0.25) is 0 Å². The lowest BCUT2D eigenvalue weighted by atomic mass is 10.0. The lowest BCUT2D eigenvalue weighted by Gasteiger charge is -2.16. The third-order valence-corrected chi connectivity index (χ3v) is 4.32. The number of nitrogens with two attached hydrogens (primary N) is 1. The van der Waals surface area contributed by atoms with Crippen molar-refractivity contribution < 1.29 is 0 Å². The van der Waals surface area contributed by atoms with Gasteiger partial charge in [0.05, 0.1) is 0 Å². The maximum absolute atomic E-state index is 5.65. The van der Waals surface area contributed by atoms with E-state index in [0.29, 0.717) is 0 Å². The Morgan fingerprint density at radius 2 is 2.18 bits per heavy atom. The predicted molar refractivity (Wildman–Crippen MR) is 81.9 cm³/mol. The standard InChI is InChI=1S/C13H15IN2S/c14-11-4-1-3-10(9-11)13(16-15)7-6-12-5-2-8-17-12/h1-5,8-9,13,16H,6-7,15H2. The highest BCUT2D eigenvalue weighted by Crippen LogP contribution is 2.21. The van der Waals surface area contributed by atoms with Crippen molar-refractivity contribution >= 4 is 33.9 Å². The normalized spacial score (nSPS) is 12.6. The second kappa shape index (κ2) is 6.49. The molecule has 90 valence electrons. The highest BCUT2D eigenvalue weighted by atomic mass is 127. The highest BCUT2D eigenvalue weighted by molar-refractivity contribution is 14.1. The van der Waals surface area contributed by atoms with Gasteiger partial charge in [-0.1, -0.05) is 18.2 Å². The summed E-state index contributed by atoms with van der Waals surface area (Å²) in [5, 5.41) is 2.12. The molecule has 2 rings (SSSR count). The minimum absolute atomic E-state index is 0.229. The Hall–Kier alpha value is -0.430. The molecule has 1 heterocycles. The lowest BCUT2D eigenvalue weighted by Crippen LogP contribution is -2.28. The molecule has 1 unspecified atom stereocenters. The van der Waals surface area contributed by atoms with Crippen LogP contribution in [0, 0.1) is 3.57 Å². The predicted octanol–water partition coefficient (Wildman–Crippen LogP) is 3.49. The van der Waals surface area contributed by atoms with E-state index in [1.165, 1.54) is 14.0 Å². The minimum Gasteiger partial charge on any atom is -0.271 e. The van der Waals surface area contributed by atoms with Crippen LogP contribution in [0.1, 0.15) is 22.9 Å². The maximum Gasteiger partial charge on any atom is 0.0463 e. The third kappa shape index (κ3) is 3.77. The van der Waals surface area contributed by atoms with Crippen LogP contribution in [-0.4, -0.2) is 0 Å². The van der Waals surface area contributed by atoms with Gasteiger partial charge in [-0.05, 0) is 64.6 Å². The van der Waals surface area contributed by atoms with E-state index < -0.39 is 0 Å². The average molecular weight is 358 g/mol. The zero-order valence-corrected chi connectivity index (χ0v) is 12.4. The number of rotatable bonds is 5. The molecule has 0 fully saturated rings. The first kappa shape index (κ1) is 13.0. The Morgan fingerprint density at radius 3 is 2.82 bits per heavy atom. The van der Waals surface area contributed by atoms with E-state index in [9.17, 15) is 0 Å². The largest absolute Gasteiger partial charge is 0.271 e. The van der Waals surface area contributed by atoms with Gasteiger partial charge in [-0.3, -0.25) is 11.3 Å². The fourth-order valence-corrected chi connectivity index (χ4v) is 3.10. The van der Waals surface area contributed by atoms with Crippen LogP contribution in [0.25, 0.3) is 0 Å². The van der Waals surface area contributed by atoms with Crippen LogP contribution in [0.2, 0.25) is 0 Å². The monoisotopic (exact) mass is 358 g/mol. The molecule has 1 aromatic carbocycles. The van der Waals surface area contributed by atoms with Crippen LogP contribution < -0.4 is 11.3 Å². The number of hydrogen-bond acceptors (Lipinski definition) is 3. The topological polar surface area (TPSA) is 38.0 Å². The molecule has 2 nitrogen and oxygen atoms in total. The number of hydrogen-bond donors (Lipinski definition) is 2. The number of thiophene rings is 1. The zero-order valence-electron chi connectivity index (χ0n) is 9.40. The molecule has 2 aromatic rings. The molecule has 0 saturated heterocycles. The summed E-state index contributed by atoms with van der Waals surface area (Å²) in [7, 11) is 0. The molecule has 0 amide bonds. The van der Waals surface area contributed by atoms with E-state index >= 15 is 0 Å². The van der Waals surface area contributed by atoms with E-state index in [2.05, 4.69) is 69.8 Å². The molecule has 4 heteroatoms. The van der Waals surface area contributed by atoms with Gasteiger partial charge in [0, 0.05) is 14.5 Å². The summed E-state index contributed by atoms with van der Waals surface area (Å²) in [5.41, 5.74) is 4.17. The Morgan fingerprint density at radius 1 is 1.29 bits per heavy atom. The molecule has 0 saturated carbocycles. The van der Waals surface area contributed by atoms with Gasteiger partial charge in [0.1, 0.15) is 0 Å². The Labute approximate surface area is 119 Å². The van der Waals surface area contributed by atoms with Gasteiger partial charge in [-0.2, -0.15) is 0 Å². The molecular weight excluding hydrogens is 343 g/mol. The summed E-state index contributed by atoms with van der Waals surface area (Å²) < 4.78 is 1.25. The Bertz CT molecular complexity index is 456. The van der Waals surface area contributed by atoms with Gasteiger partial charge in [-0.15, -0.1) is 11.3 Å². The number of halogens is 1. The zero-order chi connectivity index (χ0) is 12.1. The van der Waals surface area contributed by atoms with Gasteiger partial charge in [-0.25, -0.2) is 0 Å². The van der Waals surface area contributed by atoms with Crippen molar-refractivity contribution in [2.24, 2.45) is 5.84 Å². The maximum atomic E-state index is 5.65. The third-order valence-electron chi connectivity index (χ3n) is 2.71. The van der Waals surface area contributed by atoms with Crippen LogP contribution in [0.3, 0.4) is 0 Å². The van der Waals surface area contributed by atoms with Crippen molar-refractivity contribution in [1.29, 1.82) is 0 Å². The summed E-state index contributed by atoms with van der Waals surface area (Å²) >= 11 is 4.13. The Kier molecular flexibility index (Phi) is 4.97. The fourth-order valence-electron chi connectivity index (χ4n) is 1.81. The molecule has 0 bridgehead atoms. The van der Waals surface area contributed by atoms with Gasteiger partial charge >= 0.3 is 0 Å². The van der Waals surface area contributed by atoms with Crippen molar-refractivity contribution in [1.82, 2.24) is 5.43 Å². The number of nitrogens with one attached hydrogen (secondary N) is 1. The first-order chi connectivity index (χ1) is 8.29. The van der Waals surface area contributed by atoms with E-state index in [1.54, 1.807) is 11.3 Å². The van der Waals surface area contributed by atoms with Crippen molar-refractivity contribution in [2.45, 2.75) is 18.9 Å². The van der Waals surface area contributed by atoms with E-state index in [-0.39, 0.29) is 6.04 Å². The van der Waals surface area contributed by atoms with Crippen LogP contribution in [-0.2, 0) is 6.42 Å². The number of aryl methyl sites for hydroxylation is 1. The van der Waals surface area contributed by atoms with Gasteiger partial charge < -0.3 is 0 Å². The smallest absolute Gasteiger partial charge is 0.0463 e. The van der Waals surface area contributed by atoms with Crippen molar-refractivity contribution in [3.63, 3.8) is 0 Å². The summed E-state index contributed by atoms with van der Waals surface area (Å²) in [6.07, 6.45) is 2.09. The van der Waals surface area contributed by atoms with Gasteiger partial charge in [0.15, 0.2) is 0 Å². The second-order valence-electron chi connectivity index (χ2n) is 3.89. The molecular formula is C13H15IN2S. The molecule has 17 heavy (non-hydrogen) atoms. The van der Waals surface area contributed by atoms with Crippen LogP contribution in [0.15, 0.2) is 41.8 Å². The van der Waals surface area contributed by atoms with E-state index in [0.717, 1.165) is 12.8 Å². The summed E-state index contributed by atoms with van der Waals surface area (Å²) in [6.45, 7) is 0. The van der Waals surface area contributed by atoms with Crippen LogP contribution in [0.5, 0.6) is 0 Å². The summed E-state index contributed by atoms with van der Waals surface area (Å²) in [6, 6.07) is 13.0. The minimum atomic E-state index is 0.229. The highest BCUT2D eigenvalue weighted by Gasteiger charge is 2.10. The first-order valence-corrected chi connectivity index (χ1v) is 7.49. The molecule has 1 atom stereocenters. The summed E-state index contributed by atoms with van der Waals surface area (Å²) in [5.74, 6) is 5.65. The molecule has 3 N–H and O–H groups in total. The molecule has 1 aromatic heterocycles. The van der Waals surface area contributed by atoms with Crippen LogP contribution in [0.4, 0.5) is 0 Å². The number of hydrazine groups is 1. The van der Waals surface area contributed by atoms with E-state index in [1.807, 2.05) is 0 Å². The fraction of sp³-hybridized carbons (Fsp3) is 0.231. The van der Waals surface area contributed by atoms with Crippen molar-refractivity contribution in [3.8, 4) is 0 Å². The first-order valence-electron chi connectivity index (χ1n) is 5.53.